The number of aliphatic hydroxyl groups is 1. The van der Waals surface area contributed by atoms with Gasteiger partial charge >= 0.3 is 0 Å². The Kier molecular flexibility index (Phi) is 7.97. The molecule has 5 atom stereocenters. The summed E-state index contributed by atoms with van der Waals surface area (Å²) in [6, 6.07) is 22.2. The fraction of sp³-hybridized carbons (Fsp3) is 0.417. The van der Waals surface area contributed by atoms with Gasteiger partial charge in [0, 0.05) is 29.3 Å². The van der Waals surface area contributed by atoms with Crippen molar-refractivity contribution >= 4 is 43.2 Å². The molecule has 47 heavy (non-hydrogen) atoms. The average Bonchev–Trinajstić information content (AvgIpc) is 3.72. The Morgan fingerprint density at radius 2 is 1.72 bits per heavy atom. The van der Waals surface area contributed by atoms with E-state index >= 15 is 4.11 Å². The summed E-state index contributed by atoms with van der Waals surface area (Å²) in [4.78, 5) is 46.0. The summed E-state index contributed by atoms with van der Waals surface area (Å²) in [7, 11) is -3.43. The number of nitrogens with zero attached hydrogens (tertiary/aromatic N) is 3. The smallest absolute Gasteiger partial charge is 0.269 e. The highest BCUT2D eigenvalue weighted by molar-refractivity contribution is 6.72. The number of halogens is 1. The molecule has 0 saturated carbocycles. The number of fused-ring (bicyclic) bond motifs is 3. The van der Waals surface area contributed by atoms with E-state index in [-0.39, 0.29) is 49.9 Å². The molecule has 7 rings (SSSR count). The molecule has 4 heterocycles. The van der Waals surface area contributed by atoms with E-state index in [4.69, 9.17) is 9.47 Å². The first-order chi connectivity index (χ1) is 22.5. The molecular weight excluding hydrogens is 617 g/mol. The van der Waals surface area contributed by atoms with E-state index in [1.54, 1.807) is 27.8 Å². The Hall–Kier alpha value is -4.06. The molecule has 0 bridgehead atoms. The van der Waals surface area contributed by atoms with Gasteiger partial charge in [-0.2, -0.15) is 0 Å². The highest BCUT2D eigenvalue weighted by atomic mass is 28.4. The maximum atomic E-state index is 16.2. The third-order valence-electron chi connectivity index (χ3n) is 10.4. The number of ether oxygens (including phenoxy) is 2. The molecule has 4 aliphatic heterocycles. The summed E-state index contributed by atoms with van der Waals surface area (Å²) in [5.41, 5.74) is 1.60. The van der Waals surface area contributed by atoms with Gasteiger partial charge in [0.1, 0.15) is 5.75 Å². The number of rotatable bonds is 7. The molecule has 2 fully saturated rings. The van der Waals surface area contributed by atoms with Crippen LogP contribution in [0.25, 0.3) is 0 Å². The SMILES string of the molecule is C[C@@H]1[C@@H]([Si](C)(C)F)[C@H](CC(=O)N2CCC[C@H]2CO)O[C@@]12C(=O)N(Cc1ccc(N3C(=O)COc4ccccc43)cc1)c1ccccc12. The third kappa shape index (κ3) is 5.15. The van der Waals surface area contributed by atoms with Gasteiger partial charge in [-0.25, -0.2) is 0 Å². The van der Waals surface area contributed by atoms with E-state index in [1.165, 1.54) is 0 Å². The van der Waals surface area contributed by atoms with Crippen molar-refractivity contribution in [1.82, 2.24) is 4.90 Å². The Morgan fingerprint density at radius 1 is 1.02 bits per heavy atom. The highest BCUT2D eigenvalue weighted by Crippen LogP contribution is 2.60. The van der Waals surface area contributed by atoms with Gasteiger partial charge < -0.3 is 28.5 Å². The molecule has 3 aromatic carbocycles. The molecule has 2 saturated heterocycles. The number of carbonyl (C=O) groups excluding carboxylic acids is 3. The van der Waals surface area contributed by atoms with E-state index in [0.717, 1.165) is 18.4 Å². The summed E-state index contributed by atoms with van der Waals surface area (Å²) >= 11 is 0. The first-order valence-electron chi connectivity index (χ1n) is 16.4. The Balaban J connectivity index is 1.18. The van der Waals surface area contributed by atoms with Crippen molar-refractivity contribution in [1.29, 1.82) is 0 Å². The van der Waals surface area contributed by atoms with E-state index in [2.05, 4.69) is 0 Å². The molecule has 246 valence electrons. The van der Waals surface area contributed by atoms with Crippen molar-refractivity contribution in [3.8, 4) is 5.75 Å². The van der Waals surface area contributed by atoms with Crippen LogP contribution in [0.3, 0.4) is 0 Å². The zero-order chi connectivity index (χ0) is 33.1. The minimum Gasteiger partial charge on any atom is -0.482 e. The van der Waals surface area contributed by atoms with Gasteiger partial charge in [-0.15, -0.1) is 0 Å². The second-order valence-corrected chi connectivity index (χ2v) is 17.4. The van der Waals surface area contributed by atoms with Crippen molar-refractivity contribution < 1.29 is 33.1 Å². The van der Waals surface area contributed by atoms with E-state index in [1.807, 2.05) is 79.7 Å². The lowest BCUT2D eigenvalue weighted by Crippen LogP contribution is -2.45. The van der Waals surface area contributed by atoms with Gasteiger partial charge in [-0.1, -0.05) is 49.4 Å². The quantitative estimate of drug-likeness (QED) is 0.269. The van der Waals surface area contributed by atoms with Crippen LogP contribution in [0.1, 0.15) is 37.3 Å². The molecule has 4 aliphatic rings. The van der Waals surface area contributed by atoms with Crippen LogP contribution in [0, 0.1) is 5.92 Å². The zero-order valence-electron chi connectivity index (χ0n) is 26.9. The Bertz CT molecular complexity index is 1710. The van der Waals surface area contributed by atoms with Gasteiger partial charge in [0.25, 0.3) is 11.8 Å². The van der Waals surface area contributed by atoms with Gasteiger partial charge in [0.05, 0.1) is 43.1 Å². The Morgan fingerprint density at radius 3 is 2.45 bits per heavy atom. The van der Waals surface area contributed by atoms with Crippen molar-refractivity contribution in [2.45, 2.75) is 69.1 Å². The standard InChI is InChI=1S/C36H40FN3O6Si/c1-23-34(47(2,3)37)31(19-32(42)38-18-8-9-26(38)21-41)46-36(23)27-10-4-5-11-28(27)39(35(36)44)20-24-14-16-25(17-15-24)40-29-12-6-7-13-30(29)45-22-33(40)43/h4-7,10-17,23,26,31,34,41H,8-9,18-22H2,1-3H3/t23-,26+,31+,34-,36+/m1/s1. The highest BCUT2D eigenvalue weighted by Gasteiger charge is 2.67. The minimum absolute atomic E-state index is 0.0338. The summed E-state index contributed by atoms with van der Waals surface area (Å²) < 4.78 is 28.5. The number of aliphatic hydroxyl groups excluding tert-OH is 1. The van der Waals surface area contributed by atoms with Crippen LogP contribution >= 0.6 is 0 Å². The lowest BCUT2D eigenvalue weighted by molar-refractivity contribution is -0.150. The zero-order valence-corrected chi connectivity index (χ0v) is 27.9. The second-order valence-electron chi connectivity index (χ2n) is 13.6. The molecular formula is C36H40FN3O6Si. The van der Waals surface area contributed by atoms with Crippen molar-refractivity contribution in [3.05, 3.63) is 83.9 Å². The predicted molar refractivity (Wildman–Crippen MR) is 178 cm³/mol. The molecule has 1 N–H and O–H groups in total. The molecule has 0 aromatic heterocycles. The summed E-state index contributed by atoms with van der Waals surface area (Å²) in [6.45, 7) is 5.79. The lowest BCUT2D eigenvalue weighted by Gasteiger charge is -2.31. The topological polar surface area (TPSA) is 99.6 Å². The van der Waals surface area contributed by atoms with Crippen molar-refractivity contribution in [3.63, 3.8) is 0 Å². The number of likely N-dealkylation sites (tertiary alicyclic amines) is 1. The first-order valence-corrected chi connectivity index (χ1v) is 19.3. The molecule has 3 amide bonds. The van der Waals surface area contributed by atoms with Crippen molar-refractivity contribution in [2.75, 3.05) is 29.6 Å². The van der Waals surface area contributed by atoms with Crippen LogP contribution in [-0.2, 0) is 31.3 Å². The molecule has 1 spiro atoms. The van der Waals surface area contributed by atoms with Gasteiger partial charge in [0.15, 0.2) is 12.2 Å². The number of benzene rings is 3. The van der Waals surface area contributed by atoms with Gasteiger partial charge in [0.2, 0.25) is 14.3 Å². The number of hydrogen-bond donors (Lipinski definition) is 1. The van der Waals surface area contributed by atoms with Crippen LogP contribution in [0.4, 0.5) is 21.2 Å². The first kappa shape index (κ1) is 31.5. The van der Waals surface area contributed by atoms with E-state index in [9.17, 15) is 19.5 Å². The van der Waals surface area contributed by atoms with E-state index in [0.29, 0.717) is 34.9 Å². The molecule has 9 nitrogen and oxygen atoms in total. The molecule has 0 aliphatic carbocycles. The van der Waals surface area contributed by atoms with Crippen LogP contribution in [0.5, 0.6) is 5.75 Å². The third-order valence-corrected chi connectivity index (χ3v) is 12.9. The fourth-order valence-electron chi connectivity index (χ4n) is 8.32. The fourth-order valence-corrected chi connectivity index (χ4v) is 10.8. The van der Waals surface area contributed by atoms with Crippen LogP contribution in [0.15, 0.2) is 72.8 Å². The van der Waals surface area contributed by atoms with E-state index < -0.39 is 31.6 Å². The maximum absolute atomic E-state index is 16.2. The summed E-state index contributed by atoms with van der Waals surface area (Å²) in [6.07, 6.45) is 0.745. The predicted octanol–water partition coefficient (Wildman–Crippen LogP) is 5.44. The molecule has 11 heteroatoms. The second kappa shape index (κ2) is 11.9. The summed E-state index contributed by atoms with van der Waals surface area (Å²) in [5, 5.41) is 9.81. The minimum atomic E-state index is -3.43. The lowest BCUT2D eigenvalue weighted by atomic mass is 9.82. The number of amides is 3. The average molecular weight is 658 g/mol. The number of para-hydroxylation sites is 3. The maximum Gasteiger partial charge on any atom is 0.269 e. The molecule has 0 radical (unpaired) electrons. The number of carbonyl (C=O) groups is 3. The monoisotopic (exact) mass is 657 g/mol. The van der Waals surface area contributed by atoms with Crippen LogP contribution in [0.2, 0.25) is 18.6 Å². The van der Waals surface area contributed by atoms with Gasteiger partial charge in [-0.3, -0.25) is 19.3 Å². The van der Waals surface area contributed by atoms with Crippen LogP contribution in [-0.4, -0.2) is 68.0 Å². The number of anilines is 3. The molecule has 0 unspecified atom stereocenters. The van der Waals surface area contributed by atoms with Crippen molar-refractivity contribution in [2.24, 2.45) is 5.92 Å². The number of hydrogen-bond acceptors (Lipinski definition) is 6. The van der Waals surface area contributed by atoms with Gasteiger partial charge in [-0.05, 0) is 61.8 Å². The largest absolute Gasteiger partial charge is 0.482 e. The normalized spacial score (nSPS) is 27.0. The molecule has 3 aromatic rings. The Labute approximate surface area is 275 Å². The summed E-state index contributed by atoms with van der Waals surface area (Å²) in [5.74, 6) is -0.477. The van der Waals surface area contributed by atoms with Crippen LogP contribution < -0.4 is 14.5 Å².